The highest BCUT2D eigenvalue weighted by molar-refractivity contribution is 9.10. The molecule has 1 saturated carbocycles. The highest BCUT2D eigenvalue weighted by Crippen LogP contribution is 2.64. The molecule has 1 fully saturated rings. The van der Waals surface area contributed by atoms with E-state index in [2.05, 4.69) is 22.0 Å². The van der Waals surface area contributed by atoms with Crippen molar-refractivity contribution in [3.05, 3.63) is 64.1 Å². The summed E-state index contributed by atoms with van der Waals surface area (Å²) in [6.07, 6.45) is 0. The van der Waals surface area contributed by atoms with E-state index in [1.807, 2.05) is 38.1 Å². The van der Waals surface area contributed by atoms with Gasteiger partial charge in [0, 0.05) is 17.0 Å². The molecule has 0 heterocycles. The van der Waals surface area contributed by atoms with Crippen LogP contribution in [0.25, 0.3) is 0 Å². The fraction of sp³-hybridized carbons (Fsp3) is 0.350. The third kappa shape index (κ3) is 3.20. The molecule has 0 aliphatic heterocycles. The van der Waals surface area contributed by atoms with E-state index in [0.29, 0.717) is 6.61 Å². The van der Waals surface area contributed by atoms with Crippen LogP contribution in [-0.2, 0) is 14.6 Å². The predicted octanol–water partition coefficient (Wildman–Crippen LogP) is 4.24. The summed E-state index contributed by atoms with van der Waals surface area (Å²) in [4.78, 5) is 0.254. The summed E-state index contributed by atoms with van der Waals surface area (Å²) >= 11 is 3.39. The first-order valence-corrected chi connectivity index (χ1v) is 10.8. The fourth-order valence-electron chi connectivity index (χ4n) is 3.49. The van der Waals surface area contributed by atoms with Crippen LogP contribution in [0.2, 0.25) is 0 Å². The average molecular weight is 434 g/mol. The number of nitriles is 1. The minimum Gasteiger partial charge on any atom is -0.380 e. The number of hydrogen-bond acceptors (Lipinski definition) is 4. The third-order valence-corrected chi connectivity index (χ3v) is 7.74. The maximum Gasteiger partial charge on any atom is 0.183 e. The van der Waals surface area contributed by atoms with E-state index in [-0.39, 0.29) is 11.5 Å². The maximum atomic E-state index is 13.3. The Morgan fingerprint density at radius 1 is 1.15 bits per heavy atom. The van der Waals surface area contributed by atoms with Gasteiger partial charge in [-0.3, -0.25) is 0 Å². The summed E-state index contributed by atoms with van der Waals surface area (Å²) in [7, 11) is -3.65. The largest absolute Gasteiger partial charge is 0.380 e. The third-order valence-electron chi connectivity index (χ3n) is 4.92. The molecule has 0 saturated heterocycles. The van der Waals surface area contributed by atoms with Crippen LogP contribution in [0.3, 0.4) is 0 Å². The van der Waals surface area contributed by atoms with Crippen LogP contribution in [0.15, 0.2) is 57.9 Å². The molecule has 4 nitrogen and oxygen atoms in total. The molecule has 0 unspecified atom stereocenters. The molecule has 0 N–H and O–H groups in total. The monoisotopic (exact) mass is 433 g/mol. The maximum absolute atomic E-state index is 13.3. The number of rotatable bonds is 6. The Kier molecular flexibility index (Phi) is 5.25. The quantitative estimate of drug-likeness (QED) is 0.682. The Balaban J connectivity index is 2.05. The molecular formula is C20H20BrNO3S. The standard InChI is InChI=1S/C20H20BrNO3S/c1-3-25-13-20(12-22)18(15-6-8-16(21)9-7-15)19(20)26(23,24)17-10-4-14(2)5-11-17/h4-11,18-19H,3,13H2,1-2H3/t18-,19+,20+/m0/s1. The van der Waals surface area contributed by atoms with Gasteiger partial charge in [-0.1, -0.05) is 45.8 Å². The minimum absolute atomic E-state index is 0.108. The lowest BCUT2D eigenvalue weighted by Crippen LogP contribution is -2.19. The summed E-state index contributed by atoms with van der Waals surface area (Å²) in [6.45, 7) is 4.29. The lowest BCUT2D eigenvalue weighted by molar-refractivity contribution is 0.117. The molecular weight excluding hydrogens is 414 g/mol. The molecule has 26 heavy (non-hydrogen) atoms. The van der Waals surface area contributed by atoms with E-state index in [4.69, 9.17) is 4.74 Å². The lowest BCUT2D eigenvalue weighted by atomic mass is 10.0. The minimum atomic E-state index is -3.65. The van der Waals surface area contributed by atoms with Gasteiger partial charge in [0.2, 0.25) is 0 Å². The molecule has 2 aromatic carbocycles. The number of sulfone groups is 1. The van der Waals surface area contributed by atoms with E-state index in [0.717, 1.165) is 15.6 Å². The van der Waals surface area contributed by atoms with E-state index < -0.39 is 26.4 Å². The molecule has 6 heteroatoms. The highest BCUT2D eigenvalue weighted by Gasteiger charge is 2.72. The SMILES string of the molecule is CCOC[C@@]1(C#N)[C@H](S(=O)(=O)c2ccc(C)cc2)[C@@H]1c1ccc(Br)cc1. The van der Waals surface area contributed by atoms with Crippen molar-refractivity contribution in [3.8, 4) is 6.07 Å². The van der Waals surface area contributed by atoms with Crippen molar-refractivity contribution in [3.63, 3.8) is 0 Å². The molecule has 0 bridgehead atoms. The van der Waals surface area contributed by atoms with Crippen molar-refractivity contribution < 1.29 is 13.2 Å². The zero-order valence-corrected chi connectivity index (χ0v) is 17.0. The number of aryl methyl sites for hydroxylation is 1. The molecule has 0 radical (unpaired) electrons. The molecule has 0 amide bonds. The van der Waals surface area contributed by atoms with E-state index in [9.17, 15) is 13.7 Å². The summed E-state index contributed by atoms with van der Waals surface area (Å²) in [5.74, 6) is -0.404. The molecule has 1 aliphatic rings. The van der Waals surface area contributed by atoms with Gasteiger partial charge in [0.05, 0.1) is 22.8 Å². The summed E-state index contributed by atoms with van der Waals surface area (Å²) in [5.41, 5.74) is 0.772. The van der Waals surface area contributed by atoms with E-state index >= 15 is 0 Å². The second kappa shape index (κ2) is 7.15. The van der Waals surface area contributed by atoms with Gasteiger partial charge < -0.3 is 4.74 Å². The number of halogens is 1. The van der Waals surface area contributed by atoms with Gasteiger partial charge in [-0.25, -0.2) is 8.42 Å². The van der Waals surface area contributed by atoms with Gasteiger partial charge in [-0.05, 0) is 43.7 Å². The van der Waals surface area contributed by atoms with Crippen LogP contribution < -0.4 is 0 Å². The van der Waals surface area contributed by atoms with Crippen LogP contribution in [0, 0.1) is 23.7 Å². The Morgan fingerprint density at radius 2 is 1.77 bits per heavy atom. The normalized spacial score (nSPS) is 24.8. The summed E-state index contributed by atoms with van der Waals surface area (Å²) in [5, 5.41) is 9.08. The van der Waals surface area contributed by atoms with Crippen molar-refractivity contribution in [2.75, 3.05) is 13.2 Å². The number of benzene rings is 2. The molecule has 3 atom stereocenters. The van der Waals surface area contributed by atoms with Gasteiger partial charge in [0.25, 0.3) is 0 Å². The second-order valence-corrected chi connectivity index (χ2v) is 9.58. The van der Waals surface area contributed by atoms with Crippen LogP contribution in [0.4, 0.5) is 0 Å². The van der Waals surface area contributed by atoms with Crippen molar-refractivity contribution in [2.24, 2.45) is 5.41 Å². The average Bonchev–Trinajstić information content (AvgIpc) is 3.31. The zero-order valence-electron chi connectivity index (χ0n) is 14.6. The van der Waals surface area contributed by atoms with Gasteiger partial charge in [0.15, 0.2) is 9.84 Å². The van der Waals surface area contributed by atoms with Crippen LogP contribution >= 0.6 is 15.9 Å². The summed E-state index contributed by atoms with van der Waals surface area (Å²) in [6, 6.07) is 16.5. The molecule has 0 aromatic heterocycles. The molecule has 2 aromatic rings. The highest BCUT2D eigenvalue weighted by atomic mass is 79.9. The Morgan fingerprint density at radius 3 is 2.31 bits per heavy atom. The topological polar surface area (TPSA) is 67.2 Å². The van der Waals surface area contributed by atoms with Crippen LogP contribution in [-0.4, -0.2) is 26.9 Å². The lowest BCUT2D eigenvalue weighted by Gasteiger charge is -2.10. The van der Waals surface area contributed by atoms with E-state index in [1.165, 1.54) is 0 Å². The fourth-order valence-corrected chi connectivity index (χ4v) is 6.06. The molecule has 0 spiro atoms. The first-order valence-electron chi connectivity index (χ1n) is 8.42. The van der Waals surface area contributed by atoms with Crippen molar-refractivity contribution >= 4 is 25.8 Å². The first-order chi connectivity index (χ1) is 12.4. The number of ether oxygens (including phenoxy) is 1. The Labute approximate surface area is 162 Å². The second-order valence-electron chi connectivity index (χ2n) is 6.60. The predicted molar refractivity (Wildman–Crippen MR) is 104 cm³/mol. The van der Waals surface area contributed by atoms with Crippen molar-refractivity contribution in [2.45, 2.75) is 29.9 Å². The van der Waals surface area contributed by atoms with Crippen LogP contribution in [0.1, 0.15) is 24.0 Å². The van der Waals surface area contributed by atoms with Crippen LogP contribution in [0.5, 0.6) is 0 Å². The molecule has 1 aliphatic carbocycles. The molecule has 3 rings (SSSR count). The summed E-state index contributed by atoms with van der Waals surface area (Å²) < 4.78 is 33.0. The van der Waals surface area contributed by atoms with Gasteiger partial charge in [0.1, 0.15) is 5.41 Å². The number of hydrogen-bond donors (Lipinski definition) is 0. The first kappa shape index (κ1) is 19.1. The smallest absolute Gasteiger partial charge is 0.183 e. The Bertz CT molecular complexity index is 933. The molecule has 136 valence electrons. The van der Waals surface area contributed by atoms with Gasteiger partial charge >= 0.3 is 0 Å². The zero-order chi connectivity index (χ0) is 18.9. The van der Waals surface area contributed by atoms with Crippen molar-refractivity contribution in [1.82, 2.24) is 0 Å². The van der Waals surface area contributed by atoms with E-state index in [1.54, 1.807) is 24.3 Å². The van der Waals surface area contributed by atoms with Gasteiger partial charge in [-0.2, -0.15) is 5.26 Å². The number of nitrogens with zero attached hydrogens (tertiary/aromatic N) is 1. The van der Waals surface area contributed by atoms with Gasteiger partial charge in [-0.15, -0.1) is 0 Å². The van der Waals surface area contributed by atoms with Crippen molar-refractivity contribution in [1.29, 1.82) is 5.26 Å². The Hall–Kier alpha value is -1.68.